The molecule has 2 rings (SSSR count). The van der Waals surface area contributed by atoms with E-state index in [1.165, 1.54) is 0 Å². The predicted molar refractivity (Wildman–Crippen MR) is 90.6 cm³/mol. The van der Waals surface area contributed by atoms with Gasteiger partial charge in [0.25, 0.3) is 5.91 Å². The second-order valence-corrected chi connectivity index (χ2v) is 6.00. The van der Waals surface area contributed by atoms with Crippen LogP contribution in [0.15, 0.2) is 24.4 Å². The number of nitrogens with zero attached hydrogens (tertiary/aromatic N) is 2. The van der Waals surface area contributed by atoms with Crippen LogP contribution in [0.3, 0.4) is 0 Å². The molecule has 116 valence electrons. The van der Waals surface area contributed by atoms with Gasteiger partial charge in [-0.25, -0.2) is 9.97 Å². The van der Waals surface area contributed by atoms with Gasteiger partial charge in [-0.1, -0.05) is 32.4 Å². The van der Waals surface area contributed by atoms with Crippen LogP contribution in [0.1, 0.15) is 37.0 Å². The number of hydrogen-bond donors (Lipinski definition) is 1. The van der Waals surface area contributed by atoms with Crippen LogP contribution >= 0.6 is 24.8 Å². The summed E-state index contributed by atoms with van der Waals surface area (Å²) in [5, 5.41) is 3.80. The van der Waals surface area contributed by atoms with Crippen molar-refractivity contribution in [1.29, 1.82) is 0 Å². The van der Waals surface area contributed by atoms with Crippen molar-refractivity contribution < 1.29 is 4.79 Å². The highest BCUT2D eigenvalue weighted by Crippen LogP contribution is 2.13. The van der Waals surface area contributed by atoms with Crippen LogP contribution in [0.4, 0.5) is 0 Å². The fraction of sp³-hybridized carbons (Fsp3) is 0.400. The lowest BCUT2D eigenvalue weighted by Crippen LogP contribution is -2.33. The number of rotatable bonds is 2. The molecule has 0 atom stereocenters. The Balaban J connectivity index is 0.00000200. The monoisotopic (exact) mass is 329 g/mol. The van der Waals surface area contributed by atoms with Gasteiger partial charge in [0, 0.05) is 18.1 Å². The molecule has 0 aliphatic rings. The Bertz CT molecular complexity index is 624. The molecule has 1 heterocycles. The van der Waals surface area contributed by atoms with E-state index in [1.54, 1.807) is 6.20 Å². The first-order valence-corrected chi connectivity index (χ1v) is 6.37. The molecule has 2 aromatic rings. The average molecular weight is 330 g/mol. The molecule has 6 heteroatoms. The largest absolute Gasteiger partial charge is 0.349 e. The minimum Gasteiger partial charge on any atom is -0.349 e. The van der Waals surface area contributed by atoms with Crippen molar-refractivity contribution in [3.05, 3.63) is 35.8 Å². The summed E-state index contributed by atoms with van der Waals surface area (Å²) in [4.78, 5) is 20.4. The highest BCUT2D eigenvalue weighted by atomic mass is 35.5. The minimum atomic E-state index is -0.225. The molecule has 0 saturated heterocycles. The summed E-state index contributed by atoms with van der Waals surface area (Å²) in [7, 11) is 0. The standard InChI is InChI=1S/C15H19N3O.2ClH/c1-10-5-6-12-11(7-10)8-16-13(18-12)14(19)17-9-15(2,3)4;;/h5-8H,9H2,1-4H3,(H,17,19);2*1H. The van der Waals surface area contributed by atoms with Crippen LogP contribution in [-0.4, -0.2) is 22.4 Å². The Hall–Kier alpha value is -1.39. The number of aromatic nitrogens is 2. The summed E-state index contributed by atoms with van der Waals surface area (Å²) in [5.74, 6) is -0.00185. The fourth-order valence-electron chi connectivity index (χ4n) is 1.69. The van der Waals surface area contributed by atoms with Gasteiger partial charge >= 0.3 is 0 Å². The van der Waals surface area contributed by atoms with E-state index in [9.17, 15) is 4.79 Å². The van der Waals surface area contributed by atoms with Gasteiger partial charge in [-0.05, 0) is 24.5 Å². The molecule has 4 nitrogen and oxygen atoms in total. The SMILES string of the molecule is Cc1ccc2nc(C(=O)NCC(C)(C)C)ncc2c1.Cl.Cl. The van der Waals surface area contributed by atoms with Gasteiger partial charge in [0.1, 0.15) is 0 Å². The number of benzene rings is 1. The Morgan fingerprint density at radius 1 is 1.24 bits per heavy atom. The zero-order chi connectivity index (χ0) is 14.0. The van der Waals surface area contributed by atoms with Crippen LogP contribution < -0.4 is 5.32 Å². The molecule has 0 spiro atoms. The first-order valence-electron chi connectivity index (χ1n) is 6.37. The summed E-state index contributed by atoms with van der Waals surface area (Å²) in [6.45, 7) is 8.82. The third kappa shape index (κ3) is 5.48. The van der Waals surface area contributed by atoms with Gasteiger partial charge in [-0.15, -0.1) is 24.8 Å². The third-order valence-electron chi connectivity index (χ3n) is 2.72. The maximum absolute atomic E-state index is 12.0. The van der Waals surface area contributed by atoms with Crippen LogP contribution in [0.5, 0.6) is 0 Å². The predicted octanol–water partition coefficient (Wildman–Crippen LogP) is 3.56. The van der Waals surface area contributed by atoms with Gasteiger partial charge in [0.15, 0.2) is 0 Å². The van der Waals surface area contributed by atoms with Crippen LogP contribution in [-0.2, 0) is 0 Å². The first kappa shape index (κ1) is 19.6. The van der Waals surface area contributed by atoms with Crippen molar-refractivity contribution in [3.63, 3.8) is 0 Å². The molecule has 1 aromatic heterocycles. The Labute approximate surface area is 137 Å². The molecular weight excluding hydrogens is 309 g/mol. The minimum absolute atomic E-state index is 0. The van der Waals surface area contributed by atoms with Crippen LogP contribution in [0.2, 0.25) is 0 Å². The van der Waals surface area contributed by atoms with Crippen molar-refractivity contribution in [2.45, 2.75) is 27.7 Å². The number of carbonyl (C=O) groups excluding carboxylic acids is 1. The molecular formula is C15H21Cl2N3O. The van der Waals surface area contributed by atoms with E-state index in [0.717, 1.165) is 16.5 Å². The number of halogens is 2. The molecule has 0 aliphatic heterocycles. The van der Waals surface area contributed by atoms with Crippen LogP contribution in [0, 0.1) is 12.3 Å². The lowest BCUT2D eigenvalue weighted by Gasteiger charge is -2.18. The van der Waals surface area contributed by atoms with E-state index >= 15 is 0 Å². The van der Waals surface area contributed by atoms with Crippen molar-refractivity contribution in [2.24, 2.45) is 5.41 Å². The van der Waals surface area contributed by atoms with E-state index < -0.39 is 0 Å². The van der Waals surface area contributed by atoms with Gasteiger partial charge in [-0.3, -0.25) is 4.79 Å². The van der Waals surface area contributed by atoms with Gasteiger partial charge in [0.05, 0.1) is 5.52 Å². The average Bonchev–Trinajstić information content (AvgIpc) is 2.34. The Morgan fingerprint density at radius 2 is 1.90 bits per heavy atom. The molecule has 21 heavy (non-hydrogen) atoms. The fourth-order valence-corrected chi connectivity index (χ4v) is 1.69. The number of amides is 1. The molecule has 0 fully saturated rings. The molecule has 0 aliphatic carbocycles. The number of nitrogens with one attached hydrogen (secondary N) is 1. The highest BCUT2D eigenvalue weighted by Gasteiger charge is 2.15. The molecule has 1 amide bonds. The van der Waals surface area contributed by atoms with Crippen molar-refractivity contribution in [3.8, 4) is 0 Å². The normalized spacial score (nSPS) is 10.5. The molecule has 0 unspecified atom stereocenters. The topological polar surface area (TPSA) is 54.9 Å². The molecule has 0 bridgehead atoms. The van der Waals surface area contributed by atoms with Gasteiger partial charge < -0.3 is 5.32 Å². The van der Waals surface area contributed by atoms with E-state index in [4.69, 9.17) is 0 Å². The summed E-state index contributed by atoms with van der Waals surface area (Å²) < 4.78 is 0. The quantitative estimate of drug-likeness (QED) is 0.916. The van der Waals surface area contributed by atoms with Crippen molar-refractivity contribution in [2.75, 3.05) is 6.54 Å². The number of carbonyl (C=O) groups is 1. The smallest absolute Gasteiger partial charge is 0.289 e. The molecule has 0 radical (unpaired) electrons. The van der Waals surface area contributed by atoms with Crippen LogP contribution in [0.25, 0.3) is 10.9 Å². The van der Waals surface area contributed by atoms with E-state index in [1.807, 2.05) is 25.1 Å². The Kier molecular flexibility index (Phi) is 7.07. The maximum atomic E-state index is 12.0. The lowest BCUT2D eigenvalue weighted by molar-refractivity contribution is 0.0929. The zero-order valence-corrected chi connectivity index (χ0v) is 14.3. The van der Waals surface area contributed by atoms with Gasteiger partial charge in [-0.2, -0.15) is 0 Å². The van der Waals surface area contributed by atoms with E-state index in [2.05, 4.69) is 36.1 Å². The number of hydrogen-bond acceptors (Lipinski definition) is 3. The molecule has 0 saturated carbocycles. The summed E-state index contributed by atoms with van der Waals surface area (Å²) in [6.07, 6.45) is 1.70. The Morgan fingerprint density at radius 3 is 2.52 bits per heavy atom. The summed E-state index contributed by atoms with van der Waals surface area (Å²) in [5.41, 5.74) is 1.99. The zero-order valence-electron chi connectivity index (χ0n) is 12.6. The van der Waals surface area contributed by atoms with E-state index in [0.29, 0.717) is 6.54 Å². The summed E-state index contributed by atoms with van der Waals surface area (Å²) >= 11 is 0. The maximum Gasteiger partial charge on any atom is 0.289 e. The number of fused-ring (bicyclic) bond motifs is 1. The van der Waals surface area contributed by atoms with Crippen molar-refractivity contribution >= 4 is 41.6 Å². The molecule has 1 aromatic carbocycles. The van der Waals surface area contributed by atoms with Gasteiger partial charge in [0.2, 0.25) is 5.82 Å². The van der Waals surface area contributed by atoms with Crippen molar-refractivity contribution in [1.82, 2.24) is 15.3 Å². The first-order chi connectivity index (χ1) is 8.85. The molecule has 1 N–H and O–H groups in total. The lowest BCUT2D eigenvalue weighted by atomic mass is 9.97. The second-order valence-electron chi connectivity index (χ2n) is 6.00. The number of aryl methyl sites for hydroxylation is 1. The second kappa shape index (κ2) is 7.57. The van der Waals surface area contributed by atoms with E-state index in [-0.39, 0.29) is 42.0 Å². The third-order valence-corrected chi connectivity index (χ3v) is 2.72. The summed E-state index contributed by atoms with van der Waals surface area (Å²) in [6, 6.07) is 5.89. The highest BCUT2D eigenvalue weighted by molar-refractivity contribution is 5.92.